The van der Waals surface area contributed by atoms with Crippen molar-refractivity contribution in [3.63, 3.8) is 0 Å². The number of para-hydroxylation sites is 1. The zero-order valence-electron chi connectivity index (χ0n) is 17.0. The topological polar surface area (TPSA) is 109 Å². The number of aromatic nitrogens is 2. The van der Waals surface area contributed by atoms with E-state index >= 15 is 0 Å². The average molecular weight is 501 g/mol. The third kappa shape index (κ3) is 4.12. The largest absolute Gasteiger partial charge is 0.280 e. The summed E-state index contributed by atoms with van der Waals surface area (Å²) >= 11 is 6.35. The average Bonchev–Trinajstić information content (AvgIpc) is 2.79. The van der Waals surface area contributed by atoms with Crippen LogP contribution in [0.25, 0.3) is 22.3 Å². The number of rotatable bonds is 5. The number of hydrogen-bond donors (Lipinski definition) is 1. The first kappa shape index (κ1) is 21.6. The molecule has 1 aromatic heterocycles. The van der Waals surface area contributed by atoms with Crippen molar-refractivity contribution in [1.29, 1.82) is 0 Å². The van der Waals surface area contributed by atoms with Crippen LogP contribution < -0.4 is 9.03 Å². The van der Waals surface area contributed by atoms with Crippen LogP contribution in [0.4, 0.5) is 11.4 Å². The van der Waals surface area contributed by atoms with Crippen LogP contribution in [0.1, 0.15) is 0 Å². The molecular formula is C22H17ClN4O4S2. The van der Waals surface area contributed by atoms with Gasteiger partial charge in [-0.1, -0.05) is 29.8 Å². The van der Waals surface area contributed by atoms with Crippen LogP contribution in [-0.2, 0) is 20.0 Å². The van der Waals surface area contributed by atoms with E-state index in [2.05, 4.69) is 14.7 Å². The number of sulfonamides is 2. The monoisotopic (exact) mass is 500 g/mol. The highest BCUT2D eigenvalue weighted by Gasteiger charge is 2.32. The van der Waals surface area contributed by atoms with E-state index in [4.69, 9.17) is 11.6 Å². The van der Waals surface area contributed by atoms with Gasteiger partial charge in [0.05, 0.1) is 26.9 Å². The molecule has 168 valence electrons. The Morgan fingerprint density at radius 1 is 1.00 bits per heavy atom. The summed E-state index contributed by atoms with van der Waals surface area (Å²) in [4.78, 5) is 8.89. The minimum Gasteiger partial charge on any atom is -0.280 e. The first-order valence-corrected chi connectivity index (χ1v) is 13.3. The molecule has 0 spiro atoms. The van der Waals surface area contributed by atoms with Gasteiger partial charge in [-0.2, -0.15) is 0 Å². The highest BCUT2D eigenvalue weighted by Crippen LogP contribution is 2.31. The van der Waals surface area contributed by atoms with E-state index < -0.39 is 20.0 Å². The fourth-order valence-corrected chi connectivity index (χ4v) is 5.85. The molecule has 1 fully saturated rings. The van der Waals surface area contributed by atoms with Crippen molar-refractivity contribution in [2.24, 2.45) is 0 Å². The van der Waals surface area contributed by atoms with Crippen LogP contribution in [-0.4, -0.2) is 39.1 Å². The van der Waals surface area contributed by atoms with Crippen LogP contribution in [0.2, 0.25) is 5.02 Å². The Morgan fingerprint density at radius 2 is 1.76 bits per heavy atom. The van der Waals surface area contributed by atoms with E-state index in [1.807, 2.05) is 24.3 Å². The summed E-state index contributed by atoms with van der Waals surface area (Å²) in [6, 6.07) is 17.9. The van der Waals surface area contributed by atoms with Gasteiger partial charge in [-0.25, -0.2) is 26.8 Å². The molecule has 1 aliphatic heterocycles. The fraction of sp³-hybridized carbons (Fsp3) is 0.0909. The lowest BCUT2D eigenvalue weighted by Crippen LogP contribution is -2.47. The molecular weight excluding hydrogens is 484 g/mol. The zero-order valence-corrected chi connectivity index (χ0v) is 19.4. The van der Waals surface area contributed by atoms with Crippen LogP contribution >= 0.6 is 11.6 Å². The van der Waals surface area contributed by atoms with E-state index in [-0.39, 0.29) is 10.6 Å². The lowest BCUT2D eigenvalue weighted by atomic mass is 10.1. The number of hydrogen-bond acceptors (Lipinski definition) is 6. The SMILES string of the molecule is O=S(=O)(Nc1ccc(Cl)c(-c2ncc3ccccc3n2)c1)c1ccc(N2CCS2(=O)=O)cc1. The van der Waals surface area contributed by atoms with Crippen molar-refractivity contribution in [3.8, 4) is 11.4 Å². The van der Waals surface area contributed by atoms with Gasteiger partial charge >= 0.3 is 0 Å². The van der Waals surface area contributed by atoms with Gasteiger partial charge in [0.1, 0.15) is 0 Å². The summed E-state index contributed by atoms with van der Waals surface area (Å²) < 4.78 is 53.1. The molecule has 0 radical (unpaired) electrons. The lowest BCUT2D eigenvalue weighted by Gasteiger charge is -2.32. The van der Waals surface area contributed by atoms with Gasteiger partial charge in [-0.15, -0.1) is 0 Å². The van der Waals surface area contributed by atoms with Crippen molar-refractivity contribution in [1.82, 2.24) is 9.97 Å². The molecule has 1 aliphatic rings. The van der Waals surface area contributed by atoms with Crippen molar-refractivity contribution in [2.75, 3.05) is 21.3 Å². The van der Waals surface area contributed by atoms with Gasteiger partial charge < -0.3 is 0 Å². The van der Waals surface area contributed by atoms with Gasteiger partial charge in [0, 0.05) is 29.4 Å². The number of benzene rings is 3. The first-order valence-electron chi connectivity index (χ1n) is 9.88. The first-order chi connectivity index (χ1) is 15.7. The smallest absolute Gasteiger partial charge is 0.261 e. The van der Waals surface area contributed by atoms with Gasteiger partial charge in [-0.05, 0) is 48.5 Å². The molecule has 11 heteroatoms. The molecule has 1 saturated heterocycles. The van der Waals surface area contributed by atoms with E-state index in [9.17, 15) is 16.8 Å². The second-order valence-corrected chi connectivity index (χ2v) is 11.5. The molecule has 0 amide bonds. The summed E-state index contributed by atoms with van der Waals surface area (Å²) in [6.07, 6.45) is 1.69. The molecule has 8 nitrogen and oxygen atoms in total. The Bertz CT molecular complexity index is 1590. The second-order valence-electron chi connectivity index (χ2n) is 7.43. The van der Waals surface area contributed by atoms with Crippen LogP contribution in [0, 0.1) is 0 Å². The maximum atomic E-state index is 12.9. The van der Waals surface area contributed by atoms with Crippen molar-refractivity contribution in [2.45, 2.75) is 4.90 Å². The zero-order chi connectivity index (χ0) is 23.2. The summed E-state index contributed by atoms with van der Waals surface area (Å²) in [7, 11) is -7.20. The summed E-state index contributed by atoms with van der Waals surface area (Å²) in [5.74, 6) is 0.467. The van der Waals surface area contributed by atoms with Gasteiger partial charge in [0.25, 0.3) is 10.0 Å². The highest BCUT2D eigenvalue weighted by molar-refractivity contribution is 7.94. The summed E-state index contributed by atoms with van der Waals surface area (Å²) in [5, 5.41) is 1.26. The lowest BCUT2D eigenvalue weighted by molar-refractivity contribution is 0.578. The standard InChI is InChI=1S/C22H17ClN4O4S2/c23-20-10-5-16(13-19(20)22-24-14-15-3-1-2-4-21(15)25-22)26-33(30,31)18-8-6-17(7-9-18)27-11-12-32(27,28)29/h1-10,13-14,26H,11-12H2. The molecule has 0 atom stereocenters. The Kier molecular flexibility index (Phi) is 5.23. The molecule has 2 heterocycles. The number of nitrogens with zero attached hydrogens (tertiary/aromatic N) is 3. The molecule has 0 bridgehead atoms. The molecule has 0 saturated carbocycles. The van der Waals surface area contributed by atoms with Crippen LogP contribution in [0.3, 0.4) is 0 Å². The third-order valence-electron chi connectivity index (χ3n) is 5.27. The van der Waals surface area contributed by atoms with E-state index in [1.165, 1.54) is 28.6 Å². The molecule has 0 unspecified atom stereocenters. The predicted molar refractivity (Wildman–Crippen MR) is 128 cm³/mol. The van der Waals surface area contributed by atoms with Crippen molar-refractivity contribution in [3.05, 3.63) is 77.9 Å². The van der Waals surface area contributed by atoms with Gasteiger partial charge in [0.15, 0.2) is 5.82 Å². The maximum absolute atomic E-state index is 12.9. The quantitative estimate of drug-likeness (QED) is 0.445. The molecule has 4 aromatic rings. The molecule has 0 aliphatic carbocycles. The van der Waals surface area contributed by atoms with E-state index in [0.717, 1.165) is 10.9 Å². The number of anilines is 2. The summed E-state index contributed by atoms with van der Waals surface area (Å²) in [5.41, 5.74) is 1.96. The number of halogens is 1. The van der Waals surface area contributed by atoms with Gasteiger partial charge in [0.2, 0.25) is 10.0 Å². The van der Waals surface area contributed by atoms with E-state index in [0.29, 0.717) is 34.3 Å². The maximum Gasteiger partial charge on any atom is 0.261 e. The normalized spacial score (nSPS) is 15.2. The second kappa shape index (κ2) is 7.98. The fourth-order valence-electron chi connectivity index (χ4n) is 3.49. The van der Waals surface area contributed by atoms with Crippen molar-refractivity contribution < 1.29 is 16.8 Å². The van der Waals surface area contributed by atoms with Gasteiger partial charge in [-0.3, -0.25) is 9.03 Å². The Labute approximate surface area is 196 Å². The number of fused-ring (bicyclic) bond motifs is 1. The Morgan fingerprint density at radius 3 is 2.45 bits per heavy atom. The minimum atomic E-state index is -3.92. The van der Waals surface area contributed by atoms with Crippen molar-refractivity contribution >= 4 is 53.9 Å². The molecule has 33 heavy (non-hydrogen) atoms. The third-order valence-corrected chi connectivity index (χ3v) is 8.76. The Hall–Kier alpha value is -3.21. The Balaban J connectivity index is 1.43. The van der Waals surface area contributed by atoms with Crippen LogP contribution in [0.15, 0.2) is 77.8 Å². The molecule has 3 aromatic carbocycles. The number of nitrogens with one attached hydrogen (secondary N) is 1. The highest BCUT2D eigenvalue weighted by atomic mass is 35.5. The molecule has 5 rings (SSSR count). The van der Waals surface area contributed by atoms with E-state index in [1.54, 1.807) is 24.4 Å². The summed E-state index contributed by atoms with van der Waals surface area (Å²) in [6.45, 7) is 0.386. The molecule has 1 N–H and O–H groups in total. The van der Waals surface area contributed by atoms with Crippen LogP contribution in [0.5, 0.6) is 0 Å². The predicted octanol–water partition coefficient (Wildman–Crippen LogP) is 3.90. The minimum absolute atomic E-state index is 0.00243.